The molecule has 0 N–H and O–H groups in total. The van der Waals surface area contributed by atoms with E-state index in [1.165, 1.54) is 4.90 Å². The molecule has 0 aliphatic heterocycles. The lowest BCUT2D eigenvalue weighted by atomic mass is 10.4. The molecule has 0 aliphatic rings. The van der Waals surface area contributed by atoms with Crippen molar-refractivity contribution >= 4 is 61.2 Å². The van der Waals surface area contributed by atoms with Crippen LogP contribution >= 0.6 is 49.3 Å². The fourth-order valence-electron chi connectivity index (χ4n) is 0.568. The first-order valence-electron chi connectivity index (χ1n) is 3.05. The second-order valence-electron chi connectivity index (χ2n) is 1.96. The third-order valence-corrected chi connectivity index (χ3v) is 10.8. The van der Waals surface area contributed by atoms with E-state index in [1.54, 1.807) is 21.2 Å². The Bertz CT molecular complexity index is 279. The smallest absolute Gasteiger partial charge is 0.113 e. The summed E-state index contributed by atoms with van der Waals surface area (Å²) in [5.41, 5.74) is 0. The molecule has 12 heavy (non-hydrogen) atoms. The molecular weight excluding hydrogens is 263 g/mol. The molecule has 0 saturated heterocycles. The van der Waals surface area contributed by atoms with Crippen LogP contribution in [0.1, 0.15) is 0 Å². The molecule has 0 radical (unpaired) electrons. The van der Waals surface area contributed by atoms with Gasteiger partial charge in [-0.3, -0.25) is 0 Å². The monoisotopic (exact) mass is 270 g/mol. The van der Waals surface area contributed by atoms with Crippen molar-refractivity contribution in [2.45, 2.75) is 4.90 Å². The maximum Gasteiger partial charge on any atom is 0.113 e. The van der Waals surface area contributed by atoms with Crippen LogP contribution in [0.3, 0.4) is 0 Å². The molecule has 0 aromatic heterocycles. The topological polar surface area (TPSA) is 0 Å². The van der Waals surface area contributed by atoms with Crippen LogP contribution in [0.15, 0.2) is 35.2 Å². The van der Waals surface area contributed by atoms with Gasteiger partial charge in [0, 0.05) is 4.90 Å². The van der Waals surface area contributed by atoms with E-state index >= 15 is 0 Å². The van der Waals surface area contributed by atoms with Crippen molar-refractivity contribution in [3.63, 3.8) is 0 Å². The SMILES string of the molecule is S=P(S)(S)SSc1ccccc1. The van der Waals surface area contributed by atoms with Crippen LogP contribution in [0.25, 0.3) is 0 Å². The minimum Gasteiger partial charge on any atom is -0.121 e. The van der Waals surface area contributed by atoms with E-state index in [1.807, 2.05) is 30.3 Å². The molecule has 0 atom stereocenters. The molecule has 0 aliphatic carbocycles. The van der Waals surface area contributed by atoms with E-state index in [2.05, 4.69) is 24.5 Å². The minimum atomic E-state index is -1.73. The largest absolute Gasteiger partial charge is 0.121 e. The zero-order valence-corrected chi connectivity index (χ0v) is 11.1. The van der Waals surface area contributed by atoms with Gasteiger partial charge in [-0.05, 0) is 22.5 Å². The van der Waals surface area contributed by atoms with Gasteiger partial charge in [0.1, 0.15) is 3.64 Å². The zero-order valence-electron chi connectivity index (χ0n) is 5.95. The predicted molar refractivity (Wildman–Crippen MR) is 72.1 cm³/mol. The molecule has 0 spiro atoms. The molecule has 1 aromatic carbocycles. The van der Waals surface area contributed by atoms with Crippen LogP contribution in [-0.4, -0.2) is 0 Å². The van der Waals surface area contributed by atoms with E-state index < -0.39 is 3.64 Å². The quantitative estimate of drug-likeness (QED) is 0.471. The van der Waals surface area contributed by atoms with E-state index in [0.717, 1.165) is 0 Å². The van der Waals surface area contributed by atoms with Gasteiger partial charge in [0.05, 0.1) is 0 Å². The van der Waals surface area contributed by atoms with Gasteiger partial charge in [-0.15, -0.1) is 24.5 Å². The van der Waals surface area contributed by atoms with Crippen molar-refractivity contribution in [2.24, 2.45) is 0 Å². The van der Waals surface area contributed by atoms with Gasteiger partial charge in [0.15, 0.2) is 0 Å². The minimum absolute atomic E-state index is 1.19. The first kappa shape index (κ1) is 11.3. The molecule has 0 unspecified atom stereocenters. The first-order valence-corrected chi connectivity index (χ1v) is 10.9. The van der Waals surface area contributed by atoms with Crippen molar-refractivity contribution < 1.29 is 0 Å². The Kier molecular flexibility index (Phi) is 4.94. The summed E-state index contributed by atoms with van der Waals surface area (Å²) < 4.78 is -1.73. The normalized spacial score (nSPS) is 11.5. The van der Waals surface area contributed by atoms with Gasteiger partial charge in [0.2, 0.25) is 0 Å². The van der Waals surface area contributed by atoms with E-state index in [4.69, 9.17) is 11.8 Å². The highest BCUT2D eigenvalue weighted by Crippen LogP contribution is 2.72. The molecule has 0 saturated carbocycles. The Morgan fingerprint density at radius 3 is 2.25 bits per heavy atom. The summed E-state index contributed by atoms with van der Waals surface area (Å²) in [6.45, 7) is 0. The number of benzene rings is 1. The molecule has 6 heteroatoms. The summed E-state index contributed by atoms with van der Waals surface area (Å²) in [5, 5.41) is 0. The number of hydrogen-bond donors (Lipinski definition) is 2. The van der Waals surface area contributed by atoms with Gasteiger partial charge in [-0.2, -0.15) is 0 Å². The lowest BCUT2D eigenvalue weighted by Gasteiger charge is -2.05. The molecule has 0 fully saturated rings. The fourth-order valence-corrected chi connectivity index (χ4v) is 6.17. The lowest BCUT2D eigenvalue weighted by Crippen LogP contribution is -1.62. The third-order valence-electron chi connectivity index (χ3n) is 0.974. The van der Waals surface area contributed by atoms with Crippen LogP contribution in [0.2, 0.25) is 0 Å². The number of rotatable bonds is 3. The molecule has 0 bridgehead atoms. The van der Waals surface area contributed by atoms with Crippen molar-refractivity contribution in [3.05, 3.63) is 30.3 Å². The average Bonchev–Trinajstić information content (AvgIpc) is 2.02. The van der Waals surface area contributed by atoms with Crippen LogP contribution in [-0.2, 0) is 11.8 Å². The highest BCUT2D eigenvalue weighted by molar-refractivity contribution is 9.30. The predicted octanol–water partition coefficient (Wildman–Crippen LogP) is 4.51. The van der Waals surface area contributed by atoms with Crippen LogP contribution < -0.4 is 0 Å². The van der Waals surface area contributed by atoms with Crippen molar-refractivity contribution in [2.75, 3.05) is 0 Å². The van der Waals surface area contributed by atoms with E-state index in [0.29, 0.717) is 0 Å². The second-order valence-corrected chi connectivity index (χ2v) is 17.8. The van der Waals surface area contributed by atoms with Crippen LogP contribution in [0.4, 0.5) is 0 Å². The fraction of sp³-hybridized carbons (Fsp3) is 0. The van der Waals surface area contributed by atoms with Crippen molar-refractivity contribution in [1.82, 2.24) is 0 Å². The van der Waals surface area contributed by atoms with Crippen LogP contribution in [0, 0.1) is 0 Å². The molecule has 1 aromatic rings. The van der Waals surface area contributed by atoms with Crippen molar-refractivity contribution in [1.29, 1.82) is 0 Å². The average molecular weight is 270 g/mol. The highest BCUT2D eigenvalue weighted by atomic mass is 33.6. The summed E-state index contributed by atoms with van der Waals surface area (Å²) in [6.07, 6.45) is 0. The number of hydrogen-bond acceptors (Lipinski definition) is 3. The molecule has 1 rings (SSSR count). The van der Waals surface area contributed by atoms with Gasteiger partial charge < -0.3 is 0 Å². The maximum atomic E-state index is 5.07. The van der Waals surface area contributed by atoms with Crippen LogP contribution in [0.5, 0.6) is 0 Å². The summed E-state index contributed by atoms with van der Waals surface area (Å²) in [7, 11) is 3.19. The molecule has 0 amide bonds. The lowest BCUT2D eigenvalue weighted by molar-refractivity contribution is 1.48. The van der Waals surface area contributed by atoms with Gasteiger partial charge in [-0.1, -0.05) is 40.8 Å². The third kappa shape index (κ3) is 5.10. The Morgan fingerprint density at radius 2 is 1.75 bits per heavy atom. The van der Waals surface area contributed by atoms with Gasteiger partial charge >= 0.3 is 0 Å². The summed E-state index contributed by atoms with van der Waals surface area (Å²) in [6, 6.07) is 10.1. The summed E-state index contributed by atoms with van der Waals surface area (Å²) in [5.74, 6) is 0. The Hall–Kier alpha value is 1.27. The number of thiol groups is 2. The standard InChI is InChI=1S/C6H7PS5/c8-7(9,10)12-11-6-4-2-1-3-5-6/h1-5H,(H2,8,9,10). The highest BCUT2D eigenvalue weighted by Gasteiger charge is 2.05. The van der Waals surface area contributed by atoms with E-state index in [-0.39, 0.29) is 0 Å². The molecule has 0 heterocycles. The Morgan fingerprint density at radius 1 is 1.17 bits per heavy atom. The maximum absolute atomic E-state index is 5.07. The van der Waals surface area contributed by atoms with Gasteiger partial charge in [0.25, 0.3) is 0 Å². The summed E-state index contributed by atoms with van der Waals surface area (Å²) >= 11 is 13.5. The van der Waals surface area contributed by atoms with Gasteiger partial charge in [-0.25, -0.2) is 0 Å². The summed E-state index contributed by atoms with van der Waals surface area (Å²) in [4.78, 5) is 1.19. The van der Waals surface area contributed by atoms with E-state index in [9.17, 15) is 0 Å². The zero-order chi connectivity index (χ0) is 9.03. The molecular formula is C6H7PS5. The molecule has 66 valence electrons. The molecule has 0 nitrogen and oxygen atoms in total. The Balaban J connectivity index is 2.50. The second kappa shape index (κ2) is 5.23. The Labute approximate surface area is 95.8 Å². The van der Waals surface area contributed by atoms with Crippen molar-refractivity contribution in [3.8, 4) is 0 Å². The first-order chi connectivity index (χ1) is 5.58.